The van der Waals surface area contributed by atoms with Gasteiger partial charge in [0, 0.05) is 0 Å². The molecule has 0 heterocycles. The number of hydrogen-bond donors (Lipinski definition) is 1. The average Bonchev–Trinajstić information content (AvgIpc) is 2.39. The van der Waals surface area contributed by atoms with E-state index in [1.807, 2.05) is 0 Å². The minimum absolute atomic E-state index is 0.192. The van der Waals surface area contributed by atoms with E-state index in [-0.39, 0.29) is 6.10 Å². The zero-order valence-electron chi connectivity index (χ0n) is 12.7. The van der Waals surface area contributed by atoms with Gasteiger partial charge in [-0.15, -0.1) is 0 Å². The van der Waals surface area contributed by atoms with Crippen LogP contribution in [0.3, 0.4) is 0 Å². The molecule has 106 valence electrons. The summed E-state index contributed by atoms with van der Waals surface area (Å²) in [4.78, 5) is 0. The molecule has 0 amide bonds. The summed E-state index contributed by atoms with van der Waals surface area (Å²) in [6.45, 7) is 6.81. The molecule has 1 heteroatoms. The molecule has 2 unspecified atom stereocenters. The summed E-state index contributed by atoms with van der Waals surface area (Å²) in [7, 11) is 0. The van der Waals surface area contributed by atoms with Gasteiger partial charge in [0.2, 0.25) is 0 Å². The molecule has 2 atom stereocenters. The number of hydrogen-bond acceptors (Lipinski definition) is 1. The Bertz CT molecular complexity index is 391. The van der Waals surface area contributed by atoms with Gasteiger partial charge in [-0.3, -0.25) is 0 Å². The van der Waals surface area contributed by atoms with Crippen LogP contribution in [0.4, 0.5) is 0 Å². The summed E-state index contributed by atoms with van der Waals surface area (Å²) in [5.74, 6) is 0.451. The van der Waals surface area contributed by atoms with Crippen molar-refractivity contribution in [3.63, 3.8) is 0 Å². The Morgan fingerprint density at radius 1 is 1.16 bits per heavy atom. The van der Waals surface area contributed by atoms with E-state index in [9.17, 15) is 5.11 Å². The molecule has 0 saturated heterocycles. The second kappa shape index (κ2) is 6.09. The lowest BCUT2D eigenvalue weighted by Crippen LogP contribution is -2.37. The summed E-state index contributed by atoms with van der Waals surface area (Å²) in [6, 6.07) is 8.73. The lowest BCUT2D eigenvalue weighted by atomic mass is 9.66. The maximum absolute atomic E-state index is 10.6. The molecule has 0 bridgehead atoms. The second-order valence-corrected chi connectivity index (χ2v) is 6.78. The molecule has 1 nitrogen and oxygen atoms in total. The second-order valence-electron chi connectivity index (χ2n) is 6.78. The Hall–Kier alpha value is -0.820. The minimum atomic E-state index is -0.192. The molecule has 1 fully saturated rings. The van der Waals surface area contributed by atoms with Gasteiger partial charge in [-0.1, -0.05) is 57.9 Å². The van der Waals surface area contributed by atoms with Crippen LogP contribution in [0.15, 0.2) is 24.3 Å². The van der Waals surface area contributed by atoms with Crippen molar-refractivity contribution in [2.75, 3.05) is 0 Å². The van der Waals surface area contributed by atoms with Crippen LogP contribution >= 0.6 is 0 Å². The minimum Gasteiger partial charge on any atom is -0.392 e. The third-order valence-corrected chi connectivity index (χ3v) is 4.93. The van der Waals surface area contributed by atoms with Gasteiger partial charge in [0.1, 0.15) is 0 Å². The Labute approximate surface area is 118 Å². The van der Waals surface area contributed by atoms with Crippen molar-refractivity contribution >= 4 is 0 Å². The summed E-state index contributed by atoms with van der Waals surface area (Å²) in [5, 5.41) is 10.6. The average molecular weight is 260 g/mol. The summed E-state index contributed by atoms with van der Waals surface area (Å²) in [5.41, 5.74) is 2.93. The fourth-order valence-corrected chi connectivity index (χ4v) is 3.53. The van der Waals surface area contributed by atoms with Crippen LogP contribution in [0.2, 0.25) is 0 Å². The largest absolute Gasteiger partial charge is 0.392 e. The van der Waals surface area contributed by atoms with Gasteiger partial charge in [0.25, 0.3) is 0 Å². The van der Waals surface area contributed by atoms with Crippen molar-refractivity contribution in [3.8, 4) is 0 Å². The van der Waals surface area contributed by atoms with Crippen molar-refractivity contribution in [2.24, 2.45) is 11.3 Å². The summed E-state index contributed by atoms with van der Waals surface area (Å²) >= 11 is 0. The Morgan fingerprint density at radius 3 is 2.37 bits per heavy atom. The predicted octanol–water partition coefficient (Wildman–Crippen LogP) is 4.37. The Balaban J connectivity index is 2.01. The van der Waals surface area contributed by atoms with Crippen LogP contribution in [0.1, 0.15) is 57.6 Å². The van der Waals surface area contributed by atoms with Crippen molar-refractivity contribution in [1.29, 1.82) is 0 Å². The highest BCUT2D eigenvalue weighted by atomic mass is 16.3. The van der Waals surface area contributed by atoms with E-state index in [0.29, 0.717) is 11.3 Å². The molecule has 2 rings (SSSR count). The van der Waals surface area contributed by atoms with Crippen LogP contribution < -0.4 is 0 Å². The summed E-state index contributed by atoms with van der Waals surface area (Å²) < 4.78 is 0. The molecule has 0 radical (unpaired) electrons. The molecule has 0 aliphatic heterocycles. The lowest BCUT2D eigenvalue weighted by molar-refractivity contribution is 0.00580. The molecule has 1 aliphatic carbocycles. The fourth-order valence-electron chi connectivity index (χ4n) is 3.53. The van der Waals surface area contributed by atoms with Crippen molar-refractivity contribution in [2.45, 2.75) is 65.4 Å². The molecular weight excluding hydrogens is 232 g/mol. The molecule has 0 aromatic heterocycles. The first kappa shape index (κ1) is 14.6. The van der Waals surface area contributed by atoms with E-state index >= 15 is 0 Å². The lowest BCUT2D eigenvalue weighted by Gasteiger charge is -2.41. The quantitative estimate of drug-likeness (QED) is 0.852. The topological polar surface area (TPSA) is 20.2 Å². The van der Waals surface area contributed by atoms with Gasteiger partial charge in [-0.2, -0.15) is 0 Å². The van der Waals surface area contributed by atoms with Crippen LogP contribution in [0, 0.1) is 11.3 Å². The normalized spacial score (nSPS) is 24.1. The van der Waals surface area contributed by atoms with Gasteiger partial charge in [-0.25, -0.2) is 0 Å². The first-order valence-corrected chi connectivity index (χ1v) is 7.79. The van der Waals surface area contributed by atoms with E-state index in [1.165, 1.54) is 36.8 Å². The van der Waals surface area contributed by atoms with Crippen molar-refractivity contribution in [3.05, 3.63) is 35.4 Å². The molecule has 0 spiro atoms. The highest BCUT2D eigenvalue weighted by Gasteiger charge is 2.36. The fraction of sp³-hybridized carbons (Fsp3) is 0.667. The number of rotatable bonds is 4. The summed E-state index contributed by atoms with van der Waals surface area (Å²) in [6.07, 6.45) is 6.73. The monoisotopic (exact) mass is 260 g/mol. The zero-order chi connectivity index (χ0) is 13.9. The smallest absolute Gasteiger partial charge is 0.0613 e. The van der Waals surface area contributed by atoms with E-state index in [2.05, 4.69) is 45.0 Å². The van der Waals surface area contributed by atoms with Gasteiger partial charge < -0.3 is 5.11 Å². The third kappa shape index (κ3) is 3.60. The van der Waals surface area contributed by atoms with E-state index in [0.717, 1.165) is 12.8 Å². The zero-order valence-corrected chi connectivity index (χ0v) is 12.7. The number of aliphatic hydroxyl groups excluding tert-OH is 1. The predicted molar refractivity (Wildman–Crippen MR) is 81.3 cm³/mol. The Morgan fingerprint density at radius 2 is 1.79 bits per heavy atom. The SMILES string of the molecule is CCc1ccc(CC(O)C2CCCCC2(C)C)cc1. The van der Waals surface area contributed by atoms with Crippen LogP contribution in [0.25, 0.3) is 0 Å². The molecule has 19 heavy (non-hydrogen) atoms. The van der Waals surface area contributed by atoms with Crippen LogP contribution in [-0.2, 0) is 12.8 Å². The van der Waals surface area contributed by atoms with Crippen LogP contribution in [0.5, 0.6) is 0 Å². The van der Waals surface area contributed by atoms with E-state index < -0.39 is 0 Å². The first-order valence-electron chi connectivity index (χ1n) is 7.79. The first-order chi connectivity index (χ1) is 9.03. The highest BCUT2D eigenvalue weighted by Crippen LogP contribution is 2.42. The van der Waals surface area contributed by atoms with Crippen LogP contribution in [-0.4, -0.2) is 11.2 Å². The molecule has 1 aromatic rings. The number of aryl methyl sites for hydroxylation is 1. The standard InChI is InChI=1S/C18H28O/c1-4-14-8-10-15(11-9-14)13-17(19)16-7-5-6-12-18(16,2)3/h8-11,16-17,19H,4-7,12-13H2,1-3H3. The molecule has 1 N–H and O–H groups in total. The van der Waals surface area contributed by atoms with Gasteiger partial charge in [0.05, 0.1) is 6.10 Å². The van der Waals surface area contributed by atoms with Gasteiger partial charge in [-0.05, 0) is 48.1 Å². The van der Waals surface area contributed by atoms with Crippen molar-refractivity contribution in [1.82, 2.24) is 0 Å². The molecule has 1 aliphatic rings. The van der Waals surface area contributed by atoms with Gasteiger partial charge >= 0.3 is 0 Å². The van der Waals surface area contributed by atoms with E-state index in [1.54, 1.807) is 0 Å². The van der Waals surface area contributed by atoms with Crippen molar-refractivity contribution < 1.29 is 5.11 Å². The van der Waals surface area contributed by atoms with E-state index in [4.69, 9.17) is 0 Å². The molecule has 1 aromatic carbocycles. The number of benzene rings is 1. The maximum Gasteiger partial charge on any atom is 0.0613 e. The highest BCUT2D eigenvalue weighted by molar-refractivity contribution is 5.23. The molecular formula is C18H28O. The third-order valence-electron chi connectivity index (χ3n) is 4.93. The Kier molecular flexibility index (Phi) is 4.67. The maximum atomic E-state index is 10.6. The number of aliphatic hydroxyl groups is 1. The molecule has 1 saturated carbocycles. The van der Waals surface area contributed by atoms with Gasteiger partial charge in [0.15, 0.2) is 0 Å².